The van der Waals surface area contributed by atoms with Crippen molar-refractivity contribution in [3.05, 3.63) is 151 Å². The third-order valence-corrected chi connectivity index (χ3v) is 10.4. The first-order valence-corrected chi connectivity index (χ1v) is 16.6. The Bertz CT molecular complexity index is 2750. The Morgan fingerprint density at radius 3 is 1.70 bits per heavy atom. The van der Waals surface area contributed by atoms with Crippen molar-refractivity contribution in [2.75, 3.05) is 0 Å². The van der Waals surface area contributed by atoms with Gasteiger partial charge in [-0.15, -0.1) is 0 Å². The molecule has 1 aromatic heterocycles. The highest BCUT2D eigenvalue weighted by atomic mass is 15.0. The van der Waals surface area contributed by atoms with E-state index in [2.05, 4.69) is 171 Å². The third kappa shape index (κ3) is 3.90. The van der Waals surface area contributed by atoms with Crippen molar-refractivity contribution in [3.8, 4) is 39.1 Å². The molecule has 0 amide bonds. The van der Waals surface area contributed by atoms with E-state index in [4.69, 9.17) is 0 Å². The molecular weight excluding hydrogens is 567 g/mol. The van der Waals surface area contributed by atoms with Crippen LogP contribution < -0.4 is 0 Å². The number of benzene rings is 8. The summed E-state index contributed by atoms with van der Waals surface area (Å²) in [5.74, 6) is 0. The Morgan fingerprint density at radius 1 is 0.404 bits per heavy atom. The summed E-state index contributed by atoms with van der Waals surface area (Å²) in [4.78, 5) is 0. The zero-order chi connectivity index (χ0) is 31.4. The number of hydrogen-bond acceptors (Lipinski definition) is 0. The van der Waals surface area contributed by atoms with Crippen LogP contribution in [0.4, 0.5) is 0 Å². The topological polar surface area (TPSA) is 4.93 Å². The summed E-state index contributed by atoms with van der Waals surface area (Å²) in [6, 6.07) is 54.6. The van der Waals surface area contributed by atoms with Crippen molar-refractivity contribution in [2.45, 2.75) is 26.2 Å². The van der Waals surface area contributed by atoms with Gasteiger partial charge in [0.05, 0.1) is 11.0 Å². The average Bonchev–Trinajstić information content (AvgIpc) is 3.44. The molecule has 9 aromatic rings. The number of para-hydroxylation sites is 1. The highest BCUT2D eigenvalue weighted by Crippen LogP contribution is 2.51. The third-order valence-electron chi connectivity index (χ3n) is 10.4. The lowest BCUT2D eigenvalue weighted by Crippen LogP contribution is -2.10. The molecule has 0 unspecified atom stereocenters. The molecule has 1 heterocycles. The molecule has 0 aliphatic heterocycles. The summed E-state index contributed by atoms with van der Waals surface area (Å²) in [5.41, 5.74) is 13.1. The minimum Gasteiger partial charge on any atom is -0.309 e. The minimum atomic E-state index is 0.154. The van der Waals surface area contributed by atoms with E-state index in [1.165, 1.54) is 98.8 Å². The average molecular weight is 600 g/mol. The van der Waals surface area contributed by atoms with Gasteiger partial charge in [0.15, 0.2) is 0 Å². The molecule has 0 atom stereocenters. The second kappa shape index (κ2) is 9.44. The smallest absolute Gasteiger partial charge is 0.0547 e. The lowest BCUT2D eigenvalue weighted by Gasteiger charge is -2.26. The Balaban J connectivity index is 1.09. The van der Waals surface area contributed by atoms with Crippen LogP contribution in [0, 0.1) is 0 Å². The first-order chi connectivity index (χ1) is 22.9. The van der Waals surface area contributed by atoms with E-state index in [1.807, 2.05) is 0 Å². The van der Waals surface area contributed by atoms with Crippen LogP contribution in [0.15, 0.2) is 146 Å². The van der Waals surface area contributed by atoms with Crippen molar-refractivity contribution < 1.29 is 0 Å². The quantitative estimate of drug-likeness (QED) is 0.186. The van der Waals surface area contributed by atoms with E-state index in [1.54, 1.807) is 0 Å². The van der Waals surface area contributed by atoms with Gasteiger partial charge < -0.3 is 4.57 Å². The predicted molar refractivity (Wildman–Crippen MR) is 202 cm³/mol. The molecule has 1 aliphatic carbocycles. The first-order valence-electron chi connectivity index (χ1n) is 16.6. The van der Waals surface area contributed by atoms with Gasteiger partial charge in [0.25, 0.3) is 0 Å². The summed E-state index contributed by atoms with van der Waals surface area (Å²) in [7, 11) is 0. The Labute approximate surface area is 274 Å². The van der Waals surface area contributed by atoms with Crippen LogP contribution in [0.3, 0.4) is 0 Å². The molecule has 1 nitrogen and oxygen atoms in total. The summed E-state index contributed by atoms with van der Waals surface area (Å²) < 4.78 is 2.44. The van der Waals surface area contributed by atoms with Gasteiger partial charge in [-0.3, -0.25) is 0 Å². The van der Waals surface area contributed by atoms with E-state index in [0.29, 0.717) is 0 Å². The summed E-state index contributed by atoms with van der Waals surface area (Å²) >= 11 is 0. The Hall–Kier alpha value is -5.66. The summed E-state index contributed by atoms with van der Waals surface area (Å²) in [6.45, 7) is 6.80. The lowest BCUT2D eigenvalue weighted by atomic mass is 9.77. The monoisotopic (exact) mass is 599 g/mol. The molecular formula is C46H33N. The van der Waals surface area contributed by atoms with E-state index in [9.17, 15) is 0 Å². The van der Waals surface area contributed by atoms with Crippen LogP contribution in [0.25, 0.3) is 93.2 Å². The zero-order valence-corrected chi connectivity index (χ0v) is 26.8. The van der Waals surface area contributed by atoms with Gasteiger partial charge in [0, 0.05) is 16.5 Å². The number of aromatic nitrogens is 1. The van der Waals surface area contributed by atoms with Crippen LogP contribution in [0.5, 0.6) is 0 Å². The van der Waals surface area contributed by atoms with Crippen LogP contribution in [-0.4, -0.2) is 4.57 Å². The Kier molecular flexibility index (Phi) is 5.33. The number of hydrogen-bond donors (Lipinski definition) is 0. The molecule has 222 valence electrons. The molecule has 0 N–H and O–H groups in total. The maximum absolute atomic E-state index is 2.44. The van der Waals surface area contributed by atoms with Crippen molar-refractivity contribution in [1.82, 2.24) is 4.57 Å². The fourth-order valence-corrected chi connectivity index (χ4v) is 7.91. The van der Waals surface area contributed by atoms with Crippen LogP contribution in [-0.2, 0) is 5.41 Å². The fraction of sp³-hybridized carbons (Fsp3) is 0.0870. The van der Waals surface area contributed by atoms with Crippen LogP contribution >= 0.6 is 0 Å². The number of rotatable bonds is 2. The molecule has 0 radical (unpaired) electrons. The van der Waals surface area contributed by atoms with Gasteiger partial charge in [0.1, 0.15) is 0 Å². The molecule has 47 heavy (non-hydrogen) atoms. The molecule has 0 spiro atoms. The van der Waals surface area contributed by atoms with Gasteiger partial charge in [0.2, 0.25) is 0 Å². The van der Waals surface area contributed by atoms with Gasteiger partial charge in [-0.05, 0) is 131 Å². The lowest BCUT2D eigenvalue weighted by molar-refractivity contribution is 0.590. The molecule has 8 aromatic carbocycles. The van der Waals surface area contributed by atoms with E-state index in [-0.39, 0.29) is 5.41 Å². The molecule has 0 bridgehead atoms. The highest BCUT2D eigenvalue weighted by molar-refractivity contribution is 6.21. The predicted octanol–water partition coefficient (Wildman–Crippen LogP) is 12.9. The standard InChI is InChI=1S/C46H33N/c1-46(2,3)35-18-14-28(15-19-35)30-12-13-31-24-39-40-25-32-16-20-36(23-34(32)27-42(40)41(39)26-33(31)22-30)47-43-11-7-6-10-38(43)45-37-9-5-4-8-29(37)17-21-44(45)47/h4-27H,1-3H3. The van der Waals surface area contributed by atoms with Crippen molar-refractivity contribution in [3.63, 3.8) is 0 Å². The minimum absolute atomic E-state index is 0.154. The van der Waals surface area contributed by atoms with E-state index in [0.717, 1.165) is 0 Å². The van der Waals surface area contributed by atoms with Crippen LogP contribution in [0.2, 0.25) is 0 Å². The van der Waals surface area contributed by atoms with Gasteiger partial charge in [-0.1, -0.05) is 112 Å². The van der Waals surface area contributed by atoms with Crippen molar-refractivity contribution in [2.24, 2.45) is 0 Å². The second-order valence-corrected chi connectivity index (χ2v) is 14.2. The maximum atomic E-state index is 2.44. The summed E-state index contributed by atoms with van der Waals surface area (Å²) in [6.07, 6.45) is 0. The molecule has 1 aliphatic rings. The fourth-order valence-electron chi connectivity index (χ4n) is 7.91. The molecule has 10 rings (SSSR count). The van der Waals surface area contributed by atoms with Gasteiger partial charge in [-0.2, -0.15) is 0 Å². The molecule has 0 saturated heterocycles. The van der Waals surface area contributed by atoms with E-state index >= 15 is 0 Å². The SMILES string of the molecule is CC(C)(C)c1ccc(-c2ccc3cc4c(cc3c2)-c2cc3cc(-n5c6ccccc6c6c7ccccc7ccc65)ccc3cc2-4)cc1. The van der Waals surface area contributed by atoms with E-state index < -0.39 is 0 Å². The van der Waals surface area contributed by atoms with Gasteiger partial charge >= 0.3 is 0 Å². The van der Waals surface area contributed by atoms with Gasteiger partial charge in [-0.25, -0.2) is 0 Å². The highest BCUT2D eigenvalue weighted by Gasteiger charge is 2.24. The van der Waals surface area contributed by atoms with Crippen LogP contribution in [0.1, 0.15) is 26.3 Å². The zero-order valence-electron chi connectivity index (χ0n) is 26.8. The number of fused-ring (bicyclic) bond motifs is 11. The Morgan fingerprint density at radius 2 is 0.979 bits per heavy atom. The van der Waals surface area contributed by atoms with Crippen molar-refractivity contribution >= 4 is 54.1 Å². The molecule has 1 heteroatoms. The number of nitrogens with zero attached hydrogens (tertiary/aromatic N) is 1. The molecule has 0 saturated carbocycles. The second-order valence-electron chi connectivity index (χ2n) is 14.2. The molecule has 0 fully saturated rings. The van der Waals surface area contributed by atoms with Crippen molar-refractivity contribution in [1.29, 1.82) is 0 Å². The largest absolute Gasteiger partial charge is 0.309 e. The normalized spacial score (nSPS) is 12.6. The summed E-state index contributed by atoms with van der Waals surface area (Å²) in [5, 5.41) is 10.3. The maximum Gasteiger partial charge on any atom is 0.0547 e. The first kappa shape index (κ1) is 26.5.